The van der Waals surface area contributed by atoms with Gasteiger partial charge in [-0.2, -0.15) is 0 Å². The summed E-state index contributed by atoms with van der Waals surface area (Å²) in [5, 5.41) is 2.92. The van der Waals surface area contributed by atoms with Crippen LogP contribution in [0, 0.1) is 5.92 Å². The van der Waals surface area contributed by atoms with Crippen LogP contribution in [0.4, 0.5) is 0 Å². The van der Waals surface area contributed by atoms with Gasteiger partial charge in [0.2, 0.25) is 15.9 Å². The summed E-state index contributed by atoms with van der Waals surface area (Å²) in [4.78, 5) is 12.4. The van der Waals surface area contributed by atoms with E-state index in [0.717, 1.165) is 5.75 Å². The lowest BCUT2D eigenvalue weighted by Gasteiger charge is -2.31. The number of ether oxygens (including phenoxy) is 1. The molecule has 1 N–H and O–H groups in total. The van der Waals surface area contributed by atoms with Crippen LogP contribution >= 0.6 is 0 Å². The molecule has 24 heavy (non-hydrogen) atoms. The molecule has 0 radical (unpaired) electrons. The monoisotopic (exact) mass is 354 g/mol. The van der Waals surface area contributed by atoms with Crippen molar-refractivity contribution in [2.24, 2.45) is 5.92 Å². The molecule has 6 nitrogen and oxygen atoms in total. The van der Waals surface area contributed by atoms with Gasteiger partial charge >= 0.3 is 0 Å². The van der Waals surface area contributed by atoms with Crippen LogP contribution in [0.25, 0.3) is 0 Å². The van der Waals surface area contributed by atoms with E-state index in [1.165, 1.54) is 4.31 Å². The molecule has 1 saturated heterocycles. The van der Waals surface area contributed by atoms with Crippen LogP contribution in [-0.2, 0) is 14.8 Å². The first-order chi connectivity index (χ1) is 11.4. The molecule has 134 valence electrons. The zero-order valence-corrected chi connectivity index (χ0v) is 15.1. The van der Waals surface area contributed by atoms with Crippen molar-refractivity contribution >= 4 is 15.9 Å². The minimum atomic E-state index is -3.23. The van der Waals surface area contributed by atoms with E-state index in [-0.39, 0.29) is 30.2 Å². The van der Waals surface area contributed by atoms with Gasteiger partial charge in [0.1, 0.15) is 12.4 Å². The molecule has 1 aliphatic heterocycles. The molecule has 1 aliphatic rings. The molecule has 0 saturated carbocycles. The van der Waals surface area contributed by atoms with Gasteiger partial charge in [0.05, 0.1) is 17.7 Å². The third-order valence-corrected chi connectivity index (χ3v) is 5.99. The first-order valence-corrected chi connectivity index (χ1v) is 9.99. The normalized spacial score (nSPS) is 20.3. The fourth-order valence-electron chi connectivity index (χ4n) is 2.73. The fourth-order valence-corrected chi connectivity index (χ4v) is 3.91. The van der Waals surface area contributed by atoms with E-state index in [1.54, 1.807) is 6.92 Å². The summed E-state index contributed by atoms with van der Waals surface area (Å²) in [7, 11) is -3.23. The van der Waals surface area contributed by atoms with Crippen LogP contribution < -0.4 is 10.1 Å². The summed E-state index contributed by atoms with van der Waals surface area (Å²) in [5.74, 6) is 0.439. The second-order valence-electron chi connectivity index (χ2n) is 6.13. The van der Waals surface area contributed by atoms with E-state index in [2.05, 4.69) is 5.32 Å². The number of nitrogens with zero attached hydrogens (tertiary/aromatic N) is 1. The second kappa shape index (κ2) is 8.48. The Morgan fingerprint density at radius 3 is 2.75 bits per heavy atom. The summed E-state index contributed by atoms with van der Waals surface area (Å²) in [6, 6.07) is 9.28. The van der Waals surface area contributed by atoms with Crippen molar-refractivity contribution in [3.05, 3.63) is 30.3 Å². The summed E-state index contributed by atoms with van der Waals surface area (Å²) in [6.07, 6.45) is 1.43. The Kier molecular flexibility index (Phi) is 6.62. The minimum Gasteiger partial charge on any atom is -0.491 e. The van der Waals surface area contributed by atoms with E-state index >= 15 is 0 Å². The number of amides is 1. The largest absolute Gasteiger partial charge is 0.491 e. The Balaban J connectivity index is 1.82. The topological polar surface area (TPSA) is 75.7 Å². The van der Waals surface area contributed by atoms with Gasteiger partial charge in [-0.1, -0.05) is 18.2 Å². The Labute approximate surface area is 144 Å². The summed E-state index contributed by atoms with van der Waals surface area (Å²) < 4.78 is 31.0. The number of piperidine rings is 1. The number of benzene rings is 1. The number of para-hydroxylation sites is 1. The first-order valence-electron chi connectivity index (χ1n) is 8.38. The Morgan fingerprint density at radius 1 is 1.38 bits per heavy atom. The van der Waals surface area contributed by atoms with Crippen LogP contribution in [-0.4, -0.2) is 50.1 Å². The number of hydrogen-bond donors (Lipinski definition) is 1. The second-order valence-corrected chi connectivity index (χ2v) is 8.39. The maximum atomic E-state index is 12.4. The van der Waals surface area contributed by atoms with Gasteiger partial charge in [-0.05, 0) is 38.8 Å². The summed E-state index contributed by atoms with van der Waals surface area (Å²) in [5.41, 5.74) is 0. The average Bonchev–Trinajstić information content (AvgIpc) is 2.61. The van der Waals surface area contributed by atoms with E-state index in [4.69, 9.17) is 4.74 Å². The lowest BCUT2D eigenvalue weighted by molar-refractivity contribution is -0.126. The number of rotatable bonds is 7. The Bertz CT molecular complexity index is 633. The lowest BCUT2D eigenvalue weighted by Crippen LogP contribution is -2.48. The van der Waals surface area contributed by atoms with Crippen LogP contribution in [0.15, 0.2) is 30.3 Å². The molecule has 1 fully saturated rings. The summed E-state index contributed by atoms with van der Waals surface area (Å²) in [6.45, 7) is 4.66. The van der Waals surface area contributed by atoms with Gasteiger partial charge in [0, 0.05) is 13.1 Å². The highest BCUT2D eigenvalue weighted by Crippen LogP contribution is 2.20. The fraction of sp³-hybridized carbons (Fsp3) is 0.588. The highest BCUT2D eigenvalue weighted by Gasteiger charge is 2.31. The van der Waals surface area contributed by atoms with Gasteiger partial charge in [-0.3, -0.25) is 4.79 Å². The zero-order chi connectivity index (χ0) is 17.6. The quantitative estimate of drug-likeness (QED) is 0.807. The molecule has 1 amide bonds. The highest BCUT2D eigenvalue weighted by atomic mass is 32.2. The predicted molar refractivity (Wildman–Crippen MR) is 93.3 cm³/mol. The van der Waals surface area contributed by atoms with Gasteiger partial charge in [0.15, 0.2) is 0 Å². The third-order valence-electron chi connectivity index (χ3n) is 4.14. The SMILES string of the molecule is CCS(=O)(=O)N1CCC[C@H](C(=O)N[C@H](C)COc2ccccc2)C1. The smallest absolute Gasteiger partial charge is 0.224 e. The van der Waals surface area contributed by atoms with Gasteiger partial charge in [0.25, 0.3) is 0 Å². The van der Waals surface area contributed by atoms with Crippen molar-refractivity contribution in [2.75, 3.05) is 25.4 Å². The van der Waals surface area contributed by atoms with E-state index in [0.29, 0.717) is 26.0 Å². The van der Waals surface area contributed by atoms with Crippen LogP contribution in [0.3, 0.4) is 0 Å². The van der Waals surface area contributed by atoms with E-state index < -0.39 is 10.0 Å². The number of carbonyl (C=O) groups excluding carboxylic acids is 1. The minimum absolute atomic E-state index is 0.0721. The number of nitrogens with one attached hydrogen (secondary N) is 1. The third kappa shape index (κ3) is 5.21. The molecule has 0 bridgehead atoms. The number of carbonyl (C=O) groups is 1. The molecule has 0 spiro atoms. The average molecular weight is 354 g/mol. The summed E-state index contributed by atoms with van der Waals surface area (Å²) >= 11 is 0. The molecular formula is C17H26N2O4S. The van der Waals surface area contributed by atoms with Crippen molar-refractivity contribution in [2.45, 2.75) is 32.7 Å². The van der Waals surface area contributed by atoms with Crippen LogP contribution in [0.5, 0.6) is 5.75 Å². The molecule has 0 aromatic heterocycles. The van der Waals surface area contributed by atoms with Gasteiger partial charge in [-0.15, -0.1) is 0 Å². The van der Waals surface area contributed by atoms with Crippen LogP contribution in [0.1, 0.15) is 26.7 Å². The molecule has 1 aromatic carbocycles. The predicted octanol–water partition coefficient (Wildman–Crippen LogP) is 1.63. The number of sulfonamides is 1. The van der Waals surface area contributed by atoms with Gasteiger partial charge < -0.3 is 10.1 Å². The highest BCUT2D eigenvalue weighted by molar-refractivity contribution is 7.89. The van der Waals surface area contributed by atoms with E-state index in [9.17, 15) is 13.2 Å². The molecule has 7 heteroatoms. The molecule has 1 aromatic rings. The van der Waals surface area contributed by atoms with Crippen molar-refractivity contribution in [1.29, 1.82) is 0 Å². The first kappa shape index (κ1) is 18.7. The molecular weight excluding hydrogens is 328 g/mol. The van der Waals surface area contributed by atoms with Crippen LogP contribution in [0.2, 0.25) is 0 Å². The van der Waals surface area contributed by atoms with Crippen molar-refractivity contribution in [1.82, 2.24) is 9.62 Å². The van der Waals surface area contributed by atoms with E-state index in [1.807, 2.05) is 37.3 Å². The standard InChI is InChI=1S/C17H26N2O4S/c1-3-24(21,22)19-11-7-8-15(12-19)17(20)18-14(2)13-23-16-9-5-4-6-10-16/h4-6,9-10,14-15H,3,7-8,11-13H2,1-2H3,(H,18,20)/t14-,15+/m1/s1. The molecule has 0 aliphatic carbocycles. The number of hydrogen-bond acceptors (Lipinski definition) is 4. The Hall–Kier alpha value is -1.60. The molecule has 0 unspecified atom stereocenters. The van der Waals surface area contributed by atoms with Crippen molar-refractivity contribution in [3.63, 3.8) is 0 Å². The molecule has 1 heterocycles. The molecule has 2 rings (SSSR count). The zero-order valence-electron chi connectivity index (χ0n) is 14.3. The maximum absolute atomic E-state index is 12.4. The lowest BCUT2D eigenvalue weighted by atomic mass is 9.98. The van der Waals surface area contributed by atoms with Crippen molar-refractivity contribution < 1.29 is 17.9 Å². The maximum Gasteiger partial charge on any atom is 0.224 e. The molecule has 2 atom stereocenters. The van der Waals surface area contributed by atoms with Gasteiger partial charge in [-0.25, -0.2) is 12.7 Å². The van der Waals surface area contributed by atoms with Crippen molar-refractivity contribution in [3.8, 4) is 5.75 Å². The Morgan fingerprint density at radius 2 is 2.08 bits per heavy atom.